The molecule has 5 nitrogen and oxygen atoms in total. The lowest BCUT2D eigenvalue weighted by atomic mass is 9.74. The van der Waals surface area contributed by atoms with Gasteiger partial charge in [-0.15, -0.1) is 0 Å². The van der Waals surface area contributed by atoms with Gasteiger partial charge in [0.2, 0.25) is 5.91 Å². The van der Waals surface area contributed by atoms with Gasteiger partial charge in [0.1, 0.15) is 0 Å². The highest BCUT2D eigenvalue weighted by atomic mass is 16.5. The minimum atomic E-state index is -0.472. The van der Waals surface area contributed by atoms with Crippen LogP contribution in [0, 0.1) is 5.41 Å². The molecule has 0 unspecified atom stereocenters. The SMILES string of the molecule is C[C@H](CO)NC(=O)C1(Cc2ccc(-c3ccncc3)cc2)CCOCC1. The number of benzene rings is 1. The van der Waals surface area contributed by atoms with E-state index < -0.39 is 5.41 Å². The lowest BCUT2D eigenvalue weighted by molar-refractivity contribution is -0.137. The maximum absolute atomic E-state index is 12.9. The number of rotatable bonds is 6. The number of nitrogens with one attached hydrogen (secondary N) is 1. The number of carbonyl (C=O) groups excluding carboxylic acids is 1. The topological polar surface area (TPSA) is 71.5 Å². The number of hydrogen-bond donors (Lipinski definition) is 2. The molecule has 0 saturated carbocycles. The molecule has 1 aliphatic rings. The zero-order valence-electron chi connectivity index (χ0n) is 15.1. The summed E-state index contributed by atoms with van der Waals surface area (Å²) in [7, 11) is 0. The molecule has 1 atom stereocenters. The third kappa shape index (κ3) is 4.29. The summed E-state index contributed by atoms with van der Waals surface area (Å²) >= 11 is 0. The van der Waals surface area contributed by atoms with Crippen molar-refractivity contribution in [2.75, 3.05) is 19.8 Å². The largest absolute Gasteiger partial charge is 0.394 e. The predicted octanol–water partition coefficient (Wildman–Crippen LogP) is 2.58. The number of nitrogens with zero attached hydrogens (tertiary/aromatic N) is 1. The fourth-order valence-electron chi connectivity index (χ4n) is 3.42. The van der Waals surface area contributed by atoms with Crippen LogP contribution in [-0.4, -0.2) is 41.9 Å². The van der Waals surface area contributed by atoms with Gasteiger partial charge in [0.05, 0.1) is 12.0 Å². The fraction of sp³-hybridized carbons (Fsp3) is 0.429. The van der Waals surface area contributed by atoms with Crippen molar-refractivity contribution in [2.45, 2.75) is 32.2 Å². The van der Waals surface area contributed by atoms with E-state index in [2.05, 4.69) is 34.6 Å². The zero-order valence-corrected chi connectivity index (χ0v) is 15.1. The summed E-state index contributed by atoms with van der Waals surface area (Å²) in [6.07, 6.45) is 5.64. The summed E-state index contributed by atoms with van der Waals surface area (Å²) in [5, 5.41) is 12.2. The minimum Gasteiger partial charge on any atom is -0.394 e. The van der Waals surface area contributed by atoms with E-state index >= 15 is 0 Å². The number of hydrogen-bond acceptors (Lipinski definition) is 4. The zero-order chi connectivity index (χ0) is 18.4. The molecule has 1 aromatic heterocycles. The molecule has 2 aromatic rings. The molecule has 1 fully saturated rings. The molecule has 0 bridgehead atoms. The van der Waals surface area contributed by atoms with Crippen LogP contribution in [0.2, 0.25) is 0 Å². The number of pyridine rings is 1. The number of aliphatic hydroxyl groups excluding tert-OH is 1. The van der Waals surface area contributed by atoms with Gasteiger partial charge in [-0.1, -0.05) is 24.3 Å². The molecule has 1 saturated heterocycles. The molecule has 26 heavy (non-hydrogen) atoms. The summed E-state index contributed by atoms with van der Waals surface area (Å²) in [6.45, 7) is 2.94. The number of aliphatic hydroxyl groups is 1. The molecule has 3 rings (SSSR count). The van der Waals surface area contributed by atoms with Gasteiger partial charge >= 0.3 is 0 Å². The Morgan fingerprint density at radius 1 is 1.15 bits per heavy atom. The molecule has 5 heteroatoms. The second-order valence-electron chi connectivity index (χ2n) is 7.06. The van der Waals surface area contributed by atoms with Gasteiger partial charge in [-0.2, -0.15) is 0 Å². The van der Waals surface area contributed by atoms with Crippen LogP contribution in [0.3, 0.4) is 0 Å². The second-order valence-corrected chi connectivity index (χ2v) is 7.06. The van der Waals surface area contributed by atoms with Crippen molar-refractivity contribution in [1.82, 2.24) is 10.3 Å². The van der Waals surface area contributed by atoms with Crippen LogP contribution in [-0.2, 0) is 16.0 Å². The summed E-state index contributed by atoms with van der Waals surface area (Å²) in [4.78, 5) is 16.9. The van der Waals surface area contributed by atoms with E-state index in [-0.39, 0.29) is 18.6 Å². The van der Waals surface area contributed by atoms with Gasteiger partial charge in [-0.3, -0.25) is 9.78 Å². The molecule has 0 spiro atoms. The minimum absolute atomic E-state index is 0.0144. The van der Waals surface area contributed by atoms with Crippen molar-refractivity contribution in [1.29, 1.82) is 0 Å². The Morgan fingerprint density at radius 3 is 2.38 bits per heavy atom. The molecule has 138 valence electrons. The van der Waals surface area contributed by atoms with Crippen molar-refractivity contribution in [3.05, 3.63) is 54.4 Å². The molecule has 1 aromatic carbocycles. The van der Waals surface area contributed by atoms with Gasteiger partial charge < -0.3 is 15.2 Å². The highest BCUT2D eigenvalue weighted by Crippen LogP contribution is 2.35. The predicted molar refractivity (Wildman–Crippen MR) is 101 cm³/mol. The molecule has 0 radical (unpaired) electrons. The van der Waals surface area contributed by atoms with Gasteiger partial charge in [0, 0.05) is 31.6 Å². The van der Waals surface area contributed by atoms with Crippen molar-refractivity contribution in [3.8, 4) is 11.1 Å². The van der Waals surface area contributed by atoms with E-state index in [1.54, 1.807) is 12.4 Å². The monoisotopic (exact) mass is 354 g/mol. The quantitative estimate of drug-likeness (QED) is 0.836. The maximum Gasteiger partial charge on any atom is 0.227 e. The normalized spacial score (nSPS) is 17.5. The lowest BCUT2D eigenvalue weighted by Crippen LogP contribution is -2.49. The van der Waals surface area contributed by atoms with Gasteiger partial charge in [0.25, 0.3) is 0 Å². The van der Waals surface area contributed by atoms with E-state index in [4.69, 9.17) is 4.74 Å². The third-order valence-electron chi connectivity index (χ3n) is 5.09. The van der Waals surface area contributed by atoms with Gasteiger partial charge in [-0.05, 0) is 55.0 Å². The molecule has 1 amide bonds. The van der Waals surface area contributed by atoms with Gasteiger partial charge in [0.15, 0.2) is 0 Å². The molecular weight excluding hydrogens is 328 g/mol. The summed E-state index contributed by atoms with van der Waals surface area (Å²) < 4.78 is 5.49. The average Bonchev–Trinajstić information content (AvgIpc) is 2.70. The van der Waals surface area contributed by atoms with Gasteiger partial charge in [-0.25, -0.2) is 0 Å². The number of amides is 1. The van der Waals surface area contributed by atoms with E-state index in [0.29, 0.717) is 32.5 Å². The molecule has 1 aliphatic heterocycles. The molecule has 0 aliphatic carbocycles. The summed E-state index contributed by atoms with van der Waals surface area (Å²) in [5.74, 6) is 0.0144. The van der Waals surface area contributed by atoms with Crippen LogP contribution < -0.4 is 5.32 Å². The second kappa shape index (κ2) is 8.43. The van der Waals surface area contributed by atoms with E-state index in [1.807, 2.05) is 19.1 Å². The summed E-state index contributed by atoms with van der Waals surface area (Å²) in [5.41, 5.74) is 2.92. The first-order chi connectivity index (χ1) is 12.6. The van der Waals surface area contributed by atoms with Crippen LogP contribution in [0.5, 0.6) is 0 Å². The molecule has 2 heterocycles. The van der Waals surface area contributed by atoms with Crippen molar-refractivity contribution in [3.63, 3.8) is 0 Å². The highest BCUT2D eigenvalue weighted by molar-refractivity contribution is 5.83. The Labute approximate surface area is 154 Å². The van der Waals surface area contributed by atoms with E-state index in [9.17, 15) is 9.90 Å². The number of aromatic nitrogens is 1. The van der Waals surface area contributed by atoms with Crippen LogP contribution >= 0.6 is 0 Å². The standard InChI is InChI=1S/C21H26N2O3/c1-16(15-24)23-20(25)21(8-12-26-13-9-21)14-17-2-4-18(5-3-17)19-6-10-22-11-7-19/h2-7,10-11,16,24H,8-9,12-15H2,1H3,(H,23,25)/t16-/m1/s1. The Hall–Kier alpha value is -2.24. The van der Waals surface area contributed by atoms with E-state index in [1.165, 1.54) is 0 Å². The lowest BCUT2D eigenvalue weighted by Gasteiger charge is -2.36. The van der Waals surface area contributed by atoms with Crippen molar-refractivity contribution in [2.24, 2.45) is 5.41 Å². The van der Waals surface area contributed by atoms with Crippen LogP contribution in [0.1, 0.15) is 25.3 Å². The first-order valence-electron chi connectivity index (χ1n) is 9.12. The van der Waals surface area contributed by atoms with Crippen LogP contribution in [0.25, 0.3) is 11.1 Å². The Kier molecular flexibility index (Phi) is 6.01. The highest BCUT2D eigenvalue weighted by Gasteiger charge is 2.40. The number of ether oxygens (including phenoxy) is 1. The van der Waals surface area contributed by atoms with Crippen molar-refractivity contribution < 1.29 is 14.6 Å². The third-order valence-corrected chi connectivity index (χ3v) is 5.09. The maximum atomic E-state index is 12.9. The Bertz CT molecular complexity index is 710. The first kappa shape index (κ1) is 18.5. The molecule has 2 N–H and O–H groups in total. The number of carbonyl (C=O) groups is 1. The average molecular weight is 354 g/mol. The summed E-state index contributed by atoms with van der Waals surface area (Å²) in [6, 6.07) is 12.1. The van der Waals surface area contributed by atoms with Crippen molar-refractivity contribution >= 4 is 5.91 Å². The van der Waals surface area contributed by atoms with Crippen LogP contribution in [0.4, 0.5) is 0 Å². The Balaban J connectivity index is 1.77. The molecular formula is C21H26N2O3. The Morgan fingerprint density at radius 2 is 1.77 bits per heavy atom. The fourth-order valence-corrected chi connectivity index (χ4v) is 3.42. The van der Waals surface area contributed by atoms with E-state index in [0.717, 1.165) is 16.7 Å². The smallest absolute Gasteiger partial charge is 0.227 e. The first-order valence-corrected chi connectivity index (χ1v) is 9.12. The van der Waals surface area contributed by atoms with Crippen LogP contribution in [0.15, 0.2) is 48.8 Å².